The lowest BCUT2D eigenvalue weighted by Crippen LogP contribution is -2.04. The second-order valence-corrected chi connectivity index (χ2v) is 10.7. The Morgan fingerprint density at radius 2 is 1.11 bits per heavy atom. The molecule has 9 aromatic rings. The van der Waals surface area contributed by atoms with E-state index in [2.05, 4.69) is 57.7 Å². The molecule has 7 nitrogen and oxygen atoms in total. The summed E-state index contributed by atoms with van der Waals surface area (Å²) >= 11 is 0. The van der Waals surface area contributed by atoms with Gasteiger partial charge in [-0.05, 0) is 30.3 Å². The molecule has 44 heavy (non-hydrogen) atoms. The third kappa shape index (κ3) is 3.66. The van der Waals surface area contributed by atoms with Crippen LogP contribution in [0.2, 0.25) is 0 Å². The van der Waals surface area contributed by atoms with Crippen molar-refractivity contribution in [2.45, 2.75) is 0 Å². The molecule has 0 saturated heterocycles. The predicted molar refractivity (Wildman–Crippen MR) is 175 cm³/mol. The molecule has 0 saturated carbocycles. The highest BCUT2D eigenvalue weighted by molar-refractivity contribution is 6.19. The van der Waals surface area contributed by atoms with E-state index < -0.39 is 0 Å². The highest BCUT2D eigenvalue weighted by Gasteiger charge is 2.24. The van der Waals surface area contributed by atoms with Gasteiger partial charge in [0.15, 0.2) is 5.82 Å². The van der Waals surface area contributed by atoms with Gasteiger partial charge in [0, 0.05) is 34.5 Å². The molecule has 0 N–H and O–H groups in total. The van der Waals surface area contributed by atoms with Gasteiger partial charge in [-0.2, -0.15) is 0 Å². The fraction of sp³-hybridized carbons (Fsp3) is 0. The van der Waals surface area contributed by atoms with Crippen LogP contribution < -0.4 is 0 Å². The second-order valence-electron chi connectivity index (χ2n) is 10.7. The summed E-state index contributed by atoms with van der Waals surface area (Å²) < 4.78 is 4.45. The van der Waals surface area contributed by atoms with Crippen LogP contribution in [-0.2, 0) is 0 Å². The van der Waals surface area contributed by atoms with Crippen LogP contribution in [0, 0.1) is 0 Å². The Labute approximate surface area is 251 Å². The number of fused-ring (bicyclic) bond motifs is 7. The van der Waals surface area contributed by atoms with E-state index >= 15 is 0 Å². The molecule has 0 radical (unpaired) electrons. The Hall–Kier alpha value is -6.21. The number of benzene rings is 4. The zero-order valence-electron chi connectivity index (χ0n) is 23.4. The van der Waals surface area contributed by atoms with E-state index in [1.165, 1.54) is 0 Å². The molecule has 0 unspecified atom stereocenters. The van der Waals surface area contributed by atoms with Gasteiger partial charge in [-0.15, -0.1) is 10.2 Å². The third-order valence-corrected chi connectivity index (χ3v) is 8.08. The Bertz CT molecular complexity index is 2420. The first kappa shape index (κ1) is 24.4. The summed E-state index contributed by atoms with van der Waals surface area (Å²) in [5.41, 5.74) is 9.94. The minimum Gasteiger partial charge on any atom is -0.304 e. The topological polar surface area (TPSA) is 74.3 Å². The van der Waals surface area contributed by atoms with Crippen molar-refractivity contribution in [1.82, 2.24) is 34.3 Å². The van der Waals surface area contributed by atoms with E-state index in [0.29, 0.717) is 5.82 Å². The monoisotopic (exact) mass is 565 g/mol. The zero-order valence-corrected chi connectivity index (χ0v) is 23.4. The maximum atomic E-state index is 5.21. The van der Waals surface area contributed by atoms with Gasteiger partial charge in [-0.3, -0.25) is 9.55 Å². The molecule has 0 aliphatic heterocycles. The molecule has 9 rings (SSSR count). The Morgan fingerprint density at radius 3 is 1.91 bits per heavy atom. The van der Waals surface area contributed by atoms with Gasteiger partial charge in [-0.1, -0.05) is 97.1 Å². The van der Waals surface area contributed by atoms with Crippen LogP contribution in [0.1, 0.15) is 0 Å². The van der Waals surface area contributed by atoms with Crippen molar-refractivity contribution in [3.05, 3.63) is 140 Å². The Morgan fingerprint density at radius 1 is 0.477 bits per heavy atom. The van der Waals surface area contributed by atoms with Gasteiger partial charge in [0.1, 0.15) is 33.4 Å². The lowest BCUT2D eigenvalue weighted by molar-refractivity contribution is 1.04. The van der Waals surface area contributed by atoms with Crippen LogP contribution in [0.4, 0.5) is 0 Å². The first-order chi connectivity index (χ1) is 21.8. The Kier molecular flexibility index (Phi) is 5.36. The van der Waals surface area contributed by atoms with Crippen molar-refractivity contribution in [1.29, 1.82) is 0 Å². The normalized spacial score (nSPS) is 11.6. The zero-order chi connectivity index (χ0) is 29.0. The van der Waals surface area contributed by atoms with Crippen LogP contribution in [0.15, 0.2) is 140 Å². The highest BCUT2D eigenvalue weighted by Crippen LogP contribution is 2.39. The van der Waals surface area contributed by atoms with Crippen LogP contribution >= 0.6 is 0 Å². The van der Waals surface area contributed by atoms with E-state index in [4.69, 9.17) is 25.1 Å². The molecule has 4 aromatic carbocycles. The molecular formula is C37H23N7. The van der Waals surface area contributed by atoms with Gasteiger partial charge < -0.3 is 4.57 Å². The summed E-state index contributed by atoms with van der Waals surface area (Å²) in [4.78, 5) is 15.0. The van der Waals surface area contributed by atoms with Crippen molar-refractivity contribution in [3.63, 3.8) is 0 Å². The second kappa shape index (κ2) is 9.68. The minimum atomic E-state index is 0.649. The number of pyridine rings is 1. The van der Waals surface area contributed by atoms with E-state index in [-0.39, 0.29) is 0 Å². The highest BCUT2D eigenvalue weighted by atomic mass is 15.2. The van der Waals surface area contributed by atoms with Gasteiger partial charge >= 0.3 is 0 Å². The molecule has 0 bridgehead atoms. The molecule has 0 aliphatic rings. The average Bonchev–Trinajstić information content (AvgIpc) is 3.62. The number of hydrogen-bond acceptors (Lipinski definition) is 5. The van der Waals surface area contributed by atoms with Crippen molar-refractivity contribution in [2.75, 3.05) is 0 Å². The van der Waals surface area contributed by atoms with E-state index in [1.807, 2.05) is 84.9 Å². The fourth-order valence-electron chi connectivity index (χ4n) is 6.16. The molecule has 5 heterocycles. The summed E-state index contributed by atoms with van der Waals surface area (Å²) in [6.07, 6.45) is 1.81. The number of rotatable bonds is 4. The van der Waals surface area contributed by atoms with Crippen molar-refractivity contribution < 1.29 is 0 Å². The maximum Gasteiger partial charge on any atom is 0.162 e. The molecule has 0 aliphatic carbocycles. The lowest BCUT2D eigenvalue weighted by Gasteiger charge is -2.13. The predicted octanol–water partition coefficient (Wildman–Crippen LogP) is 8.19. The van der Waals surface area contributed by atoms with Crippen LogP contribution in [0.5, 0.6) is 0 Å². The third-order valence-electron chi connectivity index (χ3n) is 8.08. The summed E-state index contributed by atoms with van der Waals surface area (Å²) in [6, 6.07) is 45.1. The first-order valence-electron chi connectivity index (χ1n) is 14.5. The molecule has 0 atom stereocenters. The fourth-order valence-corrected chi connectivity index (χ4v) is 6.16. The maximum absolute atomic E-state index is 5.21. The van der Waals surface area contributed by atoms with Gasteiger partial charge in [0.05, 0.1) is 16.7 Å². The molecule has 206 valence electrons. The van der Waals surface area contributed by atoms with Crippen molar-refractivity contribution >= 4 is 44.0 Å². The summed E-state index contributed by atoms with van der Waals surface area (Å²) in [5, 5.41) is 10.6. The minimum absolute atomic E-state index is 0.649. The molecule has 5 aromatic heterocycles. The summed E-state index contributed by atoms with van der Waals surface area (Å²) in [5.74, 6) is 1.40. The van der Waals surface area contributed by atoms with Crippen LogP contribution in [0.3, 0.4) is 0 Å². The number of hydrogen-bond donors (Lipinski definition) is 0. The van der Waals surface area contributed by atoms with Crippen molar-refractivity contribution in [3.8, 4) is 34.2 Å². The molecular weight excluding hydrogens is 542 g/mol. The smallest absolute Gasteiger partial charge is 0.162 e. The van der Waals surface area contributed by atoms with Crippen LogP contribution in [-0.4, -0.2) is 34.3 Å². The molecule has 7 heteroatoms. The molecule has 0 fully saturated rings. The largest absolute Gasteiger partial charge is 0.304 e. The van der Waals surface area contributed by atoms with Gasteiger partial charge in [0.2, 0.25) is 0 Å². The van der Waals surface area contributed by atoms with E-state index in [1.54, 1.807) is 6.20 Å². The molecule has 0 spiro atoms. The van der Waals surface area contributed by atoms with Gasteiger partial charge in [-0.25, -0.2) is 9.97 Å². The average molecular weight is 566 g/mol. The lowest BCUT2D eigenvalue weighted by atomic mass is 10.1. The summed E-state index contributed by atoms with van der Waals surface area (Å²) in [7, 11) is 0. The SMILES string of the molecule is c1ccc(-c2cc(-n3c4ccccc4c4nnc5c6ncccc6n(-c6ccccc6)c5c43)nc(-c3ccccc3)n2)cc1. The van der Waals surface area contributed by atoms with Crippen molar-refractivity contribution in [2.24, 2.45) is 0 Å². The van der Waals surface area contributed by atoms with Gasteiger partial charge in [0.25, 0.3) is 0 Å². The van der Waals surface area contributed by atoms with E-state index in [9.17, 15) is 0 Å². The quantitative estimate of drug-likeness (QED) is 0.215. The van der Waals surface area contributed by atoms with Crippen LogP contribution in [0.25, 0.3) is 78.2 Å². The summed E-state index contributed by atoms with van der Waals surface area (Å²) in [6.45, 7) is 0. The Balaban J connectivity index is 1.48. The molecule has 0 amide bonds. The number of aromatic nitrogens is 7. The number of para-hydroxylation sites is 2. The first-order valence-corrected chi connectivity index (χ1v) is 14.5. The standard InChI is InChI=1S/C37H23N7/c1-4-13-24(14-5-1)28-23-31(40-37(39-28)25-15-6-2-7-16-25)44-29-20-11-10-19-27(29)32-35(44)36-34(42-41-32)33-30(21-12-22-38-33)43(36)26-17-8-3-9-18-26/h1-23H. The number of nitrogens with zero attached hydrogens (tertiary/aromatic N) is 7. The van der Waals surface area contributed by atoms with E-state index in [0.717, 1.165) is 72.3 Å².